The Hall–Kier alpha value is -2.71. The molecular weight excluding hydrogens is 368 g/mol. The Labute approximate surface area is 159 Å². The van der Waals surface area contributed by atoms with Gasteiger partial charge < -0.3 is 9.64 Å². The zero-order valence-electron chi connectivity index (χ0n) is 15.4. The van der Waals surface area contributed by atoms with E-state index >= 15 is 0 Å². The zero-order valence-corrected chi connectivity index (χ0v) is 16.2. The number of hydrogen-bond acceptors (Lipinski definition) is 5. The van der Waals surface area contributed by atoms with Crippen molar-refractivity contribution in [1.82, 2.24) is 4.72 Å². The van der Waals surface area contributed by atoms with Gasteiger partial charge in [0.05, 0.1) is 10.5 Å². The summed E-state index contributed by atoms with van der Waals surface area (Å²) in [5, 5.41) is 0. The van der Waals surface area contributed by atoms with Gasteiger partial charge in [0.15, 0.2) is 6.10 Å². The summed E-state index contributed by atoms with van der Waals surface area (Å²) in [6, 6.07) is 14.3. The first-order chi connectivity index (χ1) is 12.8. The molecule has 0 radical (unpaired) electrons. The van der Waals surface area contributed by atoms with Crippen LogP contribution in [0.3, 0.4) is 0 Å². The number of anilines is 1. The van der Waals surface area contributed by atoms with E-state index in [1.54, 1.807) is 38.2 Å². The summed E-state index contributed by atoms with van der Waals surface area (Å²) in [6.07, 6.45) is -0.993. The van der Waals surface area contributed by atoms with Crippen molar-refractivity contribution < 1.29 is 22.7 Å². The van der Waals surface area contributed by atoms with Crippen LogP contribution in [0.2, 0.25) is 0 Å². The highest BCUT2D eigenvalue weighted by Crippen LogP contribution is 2.15. The molecule has 1 amide bonds. The maximum atomic E-state index is 12.4. The highest BCUT2D eigenvalue weighted by molar-refractivity contribution is 7.89. The van der Waals surface area contributed by atoms with Crippen molar-refractivity contribution in [2.75, 3.05) is 18.5 Å². The Kier molecular flexibility index (Phi) is 6.70. The number of hydrogen-bond donors (Lipinski definition) is 1. The molecule has 0 unspecified atom stereocenters. The number of amides is 1. The van der Waals surface area contributed by atoms with Crippen molar-refractivity contribution in [2.24, 2.45) is 0 Å². The van der Waals surface area contributed by atoms with E-state index in [0.29, 0.717) is 5.69 Å². The number of rotatable bonds is 7. The molecule has 0 aliphatic heterocycles. The molecule has 1 N–H and O–H groups in total. The molecule has 144 valence electrons. The monoisotopic (exact) mass is 390 g/mol. The Balaban J connectivity index is 2.05. The summed E-state index contributed by atoms with van der Waals surface area (Å²) < 4.78 is 31.4. The molecule has 2 rings (SSSR count). The van der Waals surface area contributed by atoms with E-state index in [0.717, 1.165) is 0 Å². The fourth-order valence-electron chi connectivity index (χ4n) is 2.37. The lowest BCUT2D eigenvalue weighted by Gasteiger charge is -2.21. The van der Waals surface area contributed by atoms with Crippen molar-refractivity contribution in [3.8, 4) is 0 Å². The molecule has 1 atom stereocenters. The Morgan fingerprint density at radius 3 is 2.22 bits per heavy atom. The molecule has 0 saturated carbocycles. The number of benzene rings is 2. The minimum absolute atomic E-state index is 0.0498. The third-order valence-electron chi connectivity index (χ3n) is 3.84. The number of carbonyl (C=O) groups is 2. The predicted molar refractivity (Wildman–Crippen MR) is 102 cm³/mol. The minimum atomic E-state index is -3.59. The summed E-state index contributed by atoms with van der Waals surface area (Å²) in [6.45, 7) is 3.43. The second kappa shape index (κ2) is 8.79. The van der Waals surface area contributed by atoms with E-state index in [2.05, 4.69) is 4.72 Å². The summed E-state index contributed by atoms with van der Waals surface area (Å²) in [5.74, 6) is -1.08. The summed E-state index contributed by atoms with van der Waals surface area (Å²) >= 11 is 0. The van der Waals surface area contributed by atoms with Crippen LogP contribution in [0.1, 0.15) is 24.2 Å². The summed E-state index contributed by atoms with van der Waals surface area (Å²) in [4.78, 5) is 26.1. The van der Waals surface area contributed by atoms with Crippen molar-refractivity contribution >= 4 is 27.6 Å². The molecule has 0 aromatic heterocycles. The highest BCUT2D eigenvalue weighted by atomic mass is 32.2. The van der Waals surface area contributed by atoms with Gasteiger partial charge in [0.1, 0.15) is 0 Å². The number of carbonyl (C=O) groups excluding carboxylic acids is 2. The molecule has 0 heterocycles. The third kappa shape index (κ3) is 5.15. The van der Waals surface area contributed by atoms with E-state index in [1.165, 1.54) is 36.1 Å². The predicted octanol–water partition coefficient (Wildman–Crippen LogP) is 2.19. The van der Waals surface area contributed by atoms with Gasteiger partial charge in [-0.3, -0.25) is 4.79 Å². The van der Waals surface area contributed by atoms with Gasteiger partial charge in [0, 0.05) is 19.3 Å². The van der Waals surface area contributed by atoms with E-state index < -0.39 is 22.1 Å². The first-order valence-corrected chi connectivity index (χ1v) is 9.88. The standard InChI is InChI=1S/C19H22N2O5S/c1-4-20-27(24,25)17-12-10-15(11-13-17)19(23)26-14(2)18(22)21(3)16-8-6-5-7-9-16/h5-14,20H,4H2,1-3H3/t14-/m1/s1. The molecule has 7 nitrogen and oxygen atoms in total. The number of para-hydroxylation sites is 1. The smallest absolute Gasteiger partial charge is 0.338 e. The van der Waals surface area contributed by atoms with E-state index in [9.17, 15) is 18.0 Å². The number of sulfonamides is 1. The van der Waals surface area contributed by atoms with Crippen LogP contribution >= 0.6 is 0 Å². The lowest BCUT2D eigenvalue weighted by molar-refractivity contribution is -0.126. The fourth-order valence-corrected chi connectivity index (χ4v) is 3.42. The highest BCUT2D eigenvalue weighted by Gasteiger charge is 2.23. The normalized spacial score (nSPS) is 12.3. The van der Waals surface area contributed by atoms with Gasteiger partial charge >= 0.3 is 5.97 Å². The van der Waals surface area contributed by atoms with Gasteiger partial charge in [-0.2, -0.15) is 0 Å². The van der Waals surface area contributed by atoms with E-state index in [4.69, 9.17) is 4.74 Å². The number of likely N-dealkylation sites (N-methyl/N-ethyl adjacent to an activating group) is 1. The lowest BCUT2D eigenvalue weighted by atomic mass is 10.2. The second-order valence-corrected chi connectivity index (χ2v) is 7.57. The van der Waals surface area contributed by atoms with Crippen molar-refractivity contribution in [3.63, 3.8) is 0 Å². The third-order valence-corrected chi connectivity index (χ3v) is 5.40. The zero-order chi connectivity index (χ0) is 20.0. The molecule has 0 fully saturated rings. The SMILES string of the molecule is CCNS(=O)(=O)c1ccc(C(=O)O[C@H](C)C(=O)N(C)c2ccccc2)cc1. The Morgan fingerprint density at radius 2 is 1.67 bits per heavy atom. The molecular formula is C19H22N2O5S. The summed E-state index contributed by atoms with van der Waals surface area (Å²) in [5.41, 5.74) is 0.843. The quantitative estimate of drug-likeness (QED) is 0.732. The van der Waals surface area contributed by atoms with Gasteiger partial charge in [-0.15, -0.1) is 0 Å². The molecule has 2 aromatic carbocycles. The molecule has 0 saturated heterocycles. The van der Waals surface area contributed by atoms with Crippen LogP contribution in [-0.4, -0.2) is 40.0 Å². The molecule has 2 aromatic rings. The molecule has 27 heavy (non-hydrogen) atoms. The van der Waals surface area contributed by atoms with Crippen molar-refractivity contribution in [3.05, 3.63) is 60.2 Å². The number of ether oxygens (including phenoxy) is 1. The van der Waals surface area contributed by atoms with Crippen LogP contribution in [0.25, 0.3) is 0 Å². The van der Waals surface area contributed by atoms with Gasteiger partial charge in [0.25, 0.3) is 5.91 Å². The number of nitrogens with zero attached hydrogens (tertiary/aromatic N) is 1. The average molecular weight is 390 g/mol. The maximum Gasteiger partial charge on any atom is 0.338 e. The lowest BCUT2D eigenvalue weighted by Crippen LogP contribution is -2.37. The van der Waals surface area contributed by atoms with E-state index in [-0.39, 0.29) is 22.9 Å². The fraction of sp³-hybridized carbons (Fsp3) is 0.263. The van der Waals surface area contributed by atoms with Crippen LogP contribution in [0.4, 0.5) is 5.69 Å². The first-order valence-electron chi connectivity index (χ1n) is 8.39. The summed E-state index contributed by atoms with van der Waals surface area (Å²) in [7, 11) is -1.99. The topological polar surface area (TPSA) is 92.8 Å². The molecule has 0 aliphatic carbocycles. The minimum Gasteiger partial charge on any atom is -0.449 e. The van der Waals surface area contributed by atoms with Gasteiger partial charge in [0.2, 0.25) is 10.0 Å². The first kappa shape index (κ1) is 20.6. The van der Waals surface area contributed by atoms with E-state index in [1.807, 2.05) is 6.07 Å². The number of esters is 1. The Morgan fingerprint density at radius 1 is 1.07 bits per heavy atom. The molecule has 0 spiro atoms. The molecule has 8 heteroatoms. The maximum absolute atomic E-state index is 12.4. The van der Waals surface area contributed by atoms with Gasteiger partial charge in [-0.25, -0.2) is 17.9 Å². The molecule has 0 bridgehead atoms. The van der Waals surface area contributed by atoms with Crippen LogP contribution in [0.15, 0.2) is 59.5 Å². The largest absolute Gasteiger partial charge is 0.449 e. The Bertz CT molecular complexity index is 895. The second-order valence-electron chi connectivity index (χ2n) is 5.81. The van der Waals surface area contributed by atoms with Crippen LogP contribution in [-0.2, 0) is 19.6 Å². The van der Waals surface area contributed by atoms with Crippen LogP contribution < -0.4 is 9.62 Å². The van der Waals surface area contributed by atoms with Crippen molar-refractivity contribution in [1.29, 1.82) is 0 Å². The molecule has 0 aliphatic rings. The average Bonchev–Trinajstić information content (AvgIpc) is 2.67. The van der Waals surface area contributed by atoms with Crippen LogP contribution in [0.5, 0.6) is 0 Å². The number of nitrogens with one attached hydrogen (secondary N) is 1. The van der Waals surface area contributed by atoms with Gasteiger partial charge in [-0.1, -0.05) is 25.1 Å². The van der Waals surface area contributed by atoms with Crippen LogP contribution in [0, 0.1) is 0 Å². The van der Waals surface area contributed by atoms with Gasteiger partial charge in [-0.05, 0) is 43.3 Å². The van der Waals surface area contributed by atoms with Crippen molar-refractivity contribution in [2.45, 2.75) is 24.8 Å².